The van der Waals surface area contributed by atoms with Crippen molar-refractivity contribution >= 4 is 0 Å². The molecule has 3 atom stereocenters. The first-order valence-corrected chi connectivity index (χ1v) is 9.29. The molecule has 3 heteroatoms. The molecule has 1 heterocycles. The van der Waals surface area contributed by atoms with Gasteiger partial charge in [0.1, 0.15) is 0 Å². The number of nitrogens with zero attached hydrogens (tertiary/aromatic N) is 2. The van der Waals surface area contributed by atoms with E-state index in [9.17, 15) is 0 Å². The molecule has 1 aliphatic carbocycles. The molecule has 1 saturated carbocycles. The lowest BCUT2D eigenvalue weighted by molar-refractivity contribution is 0.0535. The molecule has 0 aromatic carbocycles. The van der Waals surface area contributed by atoms with E-state index < -0.39 is 0 Å². The van der Waals surface area contributed by atoms with E-state index in [2.05, 4.69) is 23.6 Å². The molecule has 0 bridgehead atoms. The lowest BCUT2D eigenvalue weighted by atomic mass is 10.0. The van der Waals surface area contributed by atoms with Crippen LogP contribution in [0, 0.1) is 0 Å². The molecule has 2 fully saturated rings. The topological polar surface area (TPSA) is 15.7 Å². The van der Waals surface area contributed by atoms with Crippen molar-refractivity contribution in [2.24, 2.45) is 0 Å². The highest BCUT2D eigenvalue weighted by Gasteiger charge is 2.32. The van der Waals surface area contributed by atoms with Gasteiger partial charge in [0.25, 0.3) is 0 Å². The Morgan fingerprint density at radius 1 is 1.00 bits per heavy atom. The second-order valence-corrected chi connectivity index (χ2v) is 6.98. The van der Waals surface area contributed by atoms with Gasteiger partial charge in [-0.05, 0) is 32.1 Å². The third-order valence-corrected chi connectivity index (χ3v) is 5.58. The van der Waals surface area contributed by atoms with Crippen molar-refractivity contribution in [1.82, 2.24) is 9.80 Å². The Morgan fingerprint density at radius 3 is 2.33 bits per heavy atom. The fourth-order valence-corrected chi connectivity index (χ4v) is 4.21. The predicted octanol–water partition coefficient (Wildman–Crippen LogP) is 3.53. The third-order valence-electron chi connectivity index (χ3n) is 5.58. The summed E-state index contributed by atoms with van der Waals surface area (Å²) >= 11 is 0. The Morgan fingerprint density at radius 2 is 1.76 bits per heavy atom. The Bertz CT molecular complexity index is 276. The van der Waals surface area contributed by atoms with Gasteiger partial charge in [-0.3, -0.25) is 9.80 Å². The highest BCUT2D eigenvalue weighted by atomic mass is 16.5. The van der Waals surface area contributed by atoms with Gasteiger partial charge in [0, 0.05) is 45.4 Å². The first-order chi connectivity index (χ1) is 10.3. The van der Waals surface area contributed by atoms with Crippen molar-refractivity contribution in [2.75, 3.05) is 33.3 Å². The van der Waals surface area contributed by atoms with Crippen LogP contribution in [0.4, 0.5) is 0 Å². The van der Waals surface area contributed by atoms with Crippen molar-refractivity contribution < 1.29 is 4.74 Å². The van der Waals surface area contributed by atoms with Gasteiger partial charge < -0.3 is 4.74 Å². The summed E-state index contributed by atoms with van der Waals surface area (Å²) in [5.41, 5.74) is 0. The first kappa shape index (κ1) is 17.2. The first-order valence-electron chi connectivity index (χ1n) is 9.29. The van der Waals surface area contributed by atoms with Crippen LogP contribution >= 0.6 is 0 Å². The van der Waals surface area contributed by atoms with Crippen molar-refractivity contribution in [3.8, 4) is 0 Å². The van der Waals surface area contributed by atoms with Crippen LogP contribution in [0.1, 0.15) is 65.2 Å². The summed E-state index contributed by atoms with van der Waals surface area (Å²) in [6, 6.07) is 1.63. The molecule has 1 saturated heterocycles. The molecular formula is C18H36N2O. The normalized spacial score (nSPS) is 29.9. The smallest absolute Gasteiger partial charge is 0.0586 e. The summed E-state index contributed by atoms with van der Waals surface area (Å²) in [7, 11) is 1.87. The van der Waals surface area contributed by atoms with Crippen molar-refractivity contribution in [3.63, 3.8) is 0 Å². The Labute approximate surface area is 132 Å². The zero-order valence-electron chi connectivity index (χ0n) is 14.5. The van der Waals surface area contributed by atoms with Gasteiger partial charge in [-0.1, -0.05) is 33.1 Å². The van der Waals surface area contributed by atoms with Crippen LogP contribution in [-0.2, 0) is 4.74 Å². The standard InChI is InChI=1S/C18H36N2O/c1-4-6-8-16(7-5-2)19-11-13-20(14-12-19)17-9-10-18(15-17)21-3/h16-18H,4-15H2,1-3H3. The lowest BCUT2D eigenvalue weighted by Gasteiger charge is -2.41. The molecule has 3 nitrogen and oxygen atoms in total. The van der Waals surface area contributed by atoms with E-state index in [0.717, 1.165) is 12.1 Å². The zero-order chi connectivity index (χ0) is 15.1. The van der Waals surface area contributed by atoms with E-state index in [1.165, 1.54) is 77.5 Å². The maximum atomic E-state index is 5.53. The average molecular weight is 296 g/mol. The number of ether oxygens (including phenoxy) is 1. The number of rotatable bonds is 8. The maximum Gasteiger partial charge on any atom is 0.0586 e. The molecule has 1 aliphatic heterocycles. The van der Waals surface area contributed by atoms with E-state index >= 15 is 0 Å². The average Bonchev–Trinajstić information content (AvgIpc) is 3.01. The van der Waals surface area contributed by atoms with E-state index in [0.29, 0.717) is 6.10 Å². The highest BCUT2D eigenvalue weighted by molar-refractivity contribution is 4.87. The Hall–Kier alpha value is -0.120. The van der Waals surface area contributed by atoms with E-state index in [4.69, 9.17) is 4.74 Å². The largest absolute Gasteiger partial charge is 0.381 e. The Kier molecular flexibility index (Phi) is 7.48. The number of hydrogen-bond acceptors (Lipinski definition) is 3. The van der Waals surface area contributed by atoms with Crippen LogP contribution in [0.5, 0.6) is 0 Å². The maximum absolute atomic E-state index is 5.53. The molecule has 124 valence electrons. The minimum Gasteiger partial charge on any atom is -0.381 e. The fourth-order valence-electron chi connectivity index (χ4n) is 4.21. The summed E-state index contributed by atoms with van der Waals surface area (Å²) < 4.78 is 5.53. The summed E-state index contributed by atoms with van der Waals surface area (Å²) in [5, 5.41) is 0. The second-order valence-electron chi connectivity index (χ2n) is 6.98. The lowest BCUT2D eigenvalue weighted by Crippen LogP contribution is -2.52. The van der Waals surface area contributed by atoms with Crippen LogP contribution in [0.25, 0.3) is 0 Å². The van der Waals surface area contributed by atoms with Gasteiger partial charge in [-0.2, -0.15) is 0 Å². The van der Waals surface area contributed by atoms with E-state index in [1.54, 1.807) is 0 Å². The van der Waals surface area contributed by atoms with Crippen LogP contribution in [0.2, 0.25) is 0 Å². The molecule has 0 N–H and O–H groups in total. The minimum atomic E-state index is 0.519. The Balaban J connectivity index is 1.76. The van der Waals surface area contributed by atoms with Crippen LogP contribution < -0.4 is 0 Å². The monoisotopic (exact) mass is 296 g/mol. The predicted molar refractivity (Wildman–Crippen MR) is 89.8 cm³/mol. The van der Waals surface area contributed by atoms with Crippen molar-refractivity contribution in [2.45, 2.75) is 83.4 Å². The van der Waals surface area contributed by atoms with Gasteiger partial charge in [0.2, 0.25) is 0 Å². The number of hydrogen-bond donors (Lipinski definition) is 0. The van der Waals surface area contributed by atoms with Crippen LogP contribution in [0.3, 0.4) is 0 Å². The fraction of sp³-hybridized carbons (Fsp3) is 1.00. The number of methoxy groups -OCH3 is 1. The molecule has 3 unspecified atom stereocenters. The summed E-state index contributed by atoms with van der Waals surface area (Å²) in [6.07, 6.45) is 11.2. The van der Waals surface area contributed by atoms with Gasteiger partial charge in [0.05, 0.1) is 6.10 Å². The molecular weight excluding hydrogens is 260 g/mol. The van der Waals surface area contributed by atoms with Gasteiger partial charge in [-0.25, -0.2) is 0 Å². The second kappa shape index (κ2) is 9.12. The molecule has 0 aromatic heterocycles. The van der Waals surface area contributed by atoms with Gasteiger partial charge in [-0.15, -0.1) is 0 Å². The molecule has 2 rings (SSSR count). The number of unbranched alkanes of at least 4 members (excludes halogenated alkanes) is 1. The molecule has 0 spiro atoms. The molecule has 0 radical (unpaired) electrons. The van der Waals surface area contributed by atoms with Crippen LogP contribution in [0.15, 0.2) is 0 Å². The van der Waals surface area contributed by atoms with Crippen LogP contribution in [-0.4, -0.2) is 61.3 Å². The molecule has 0 amide bonds. The SMILES string of the molecule is CCCCC(CCC)N1CCN(C2CCC(OC)C2)CC1. The zero-order valence-corrected chi connectivity index (χ0v) is 14.5. The minimum absolute atomic E-state index is 0.519. The summed E-state index contributed by atoms with van der Waals surface area (Å²) in [5.74, 6) is 0. The van der Waals surface area contributed by atoms with E-state index in [-0.39, 0.29) is 0 Å². The van der Waals surface area contributed by atoms with Gasteiger partial charge in [0.15, 0.2) is 0 Å². The van der Waals surface area contributed by atoms with Crippen molar-refractivity contribution in [3.05, 3.63) is 0 Å². The molecule has 2 aliphatic rings. The molecule has 0 aromatic rings. The van der Waals surface area contributed by atoms with Gasteiger partial charge >= 0.3 is 0 Å². The van der Waals surface area contributed by atoms with E-state index in [1.807, 2.05) is 7.11 Å². The summed E-state index contributed by atoms with van der Waals surface area (Å²) in [6.45, 7) is 9.75. The quantitative estimate of drug-likeness (QED) is 0.681. The highest BCUT2D eigenvalue weighted by Crippen LogP contribution is 2.27. The molecule has 21 heavy (non-hydrogen) atoms. The number of piperazine rings is 1. The summed E-state index contributed by atoms with van der Waals surface area (Å²) in [4.78, 5) is 5.51. The third kappa shape index (κ3) is 4.94. The van der Waals surface area contributed by atoms with Crippen molar-refractivity contribution in [1.29, 1.82) is 0 Å².